The molecule has 0 saturated carbocycles. The molecule has 3 rings (SSSR count). The number of H-pyrrole nitrogens is 1. The fourth-order valence-electron chi connectivity index (χ4n) is 1.90. The van der Waals surface area contributed by atoms with Crippen molar-refractivity contribution in [2.45, 2.75) is 5.16 Å². The molecule has 0 amide bonds. The maximum Gasteiger partial charge on any atom is 0.191 e. The van der Waals surface area contributed by atoms with Gasteiger partial charge in [-0.25, -0.2) is 0 Å². The van der Waals surface area contributed by atoms with Gasteiger partial charge >= 0.3 is 0 Å². The second kappa shape index (κ2) is 5.92. The summed E-state index contributed by atoms with van der Waals surface area (Å²) in [5.74, 6) is 1.12. The largest absolute Gasteiger partial charge is 0.359 e. The highest BCUT2D eigenvalue weighted by molar-refractivity contribution is 7.99. The molecule has 0 radical (unpaired) electrons. The molecule has 1 N–H and O–H groups in total. The van der Waals surface area contributed by atoms with E-state index in [9.17, 15) is 4.79 Å². The summed E-state index contributed by atoms with van der Waals surface area (Å²) in [4.78, 5) is 18.8. The van der Waals surface area contributed by atoms with Crippen LogP contribution in [-0.4, -0.2) is 36.3 Å². The fourth-order valence-corrected chi connectivity index (χ4v) is 2.70. The van der Waals surface area contributed by atoms with Crippen LogP contribution in [0.15, 0.2) is 48.0 Å². The lowest BCUT2D eigenvalue weighted by atomic mass is 10.2. The van der Waals surface area contributed by atoms with E-state index in [1.807, 2.05) is 29.8 Å². The van der Waals surface area contributed by atoms with Crippen molar-refractivity contribution in [3.8, 4) is 11.4 Å². The van der Waals surface area contributed by atoms with Crippen LogP contribution in [-0.2, 0) is 7.05 Å². The molecule has 106 valence electrons. The minimum Gasteiger partial charge on any atom is -0.359 e. The predicted octanol–water partition coefficient (Wildman–Crippen LogP) is 2.18. The van der Waals surface area contributed by atoms with Gasteiger partial charge in [-0.3, -0.25) is 9.78 Å². The zero-order chi connectivity index (χ0) is 14.7. The average molecular weight is 299 g/mol. The number of thioether (sulfide) groups is 1. The van der Waals surface area contributed by atoms with Crippen LogP contribution in [0.2, 0.25) is 0 Å². The molecule has 7 heteroatoms. The van der Waals surface area contributed by atoms with Gasteiger partial charge in [-0.05, 0) is 24.3 Å². The molecule has 0 saturated heterocycles. The summed E-state index contributed by atoms with van der Waals surface area (Å²) in [7, 11) is 1.89. The number of carbonyl (C=O) groups is 1. The number of hydrogen-bond acceptors (Lipinski definition) is 5. The van der Waals surface area contributed by atoms with Gasteiger partial charge in [0.05, 0.1) is 11.4 Å². The Morgan fingerprint density at radius 2 is 2.10 bits per heavy atom. The van der Waals surface area contributed by atoms with E-state index in [-0.39, 0.29) is 5.78 Å². The van der Waals surface area contributed by atoms with Crippen molar-refractivity contribution in [2.24, 2.45) is 7.05 Å². The lowest BCUT2D eigenvalue weighted by Gasteiger charge is -2.03. The molecule has 0 fully saturated rings. The first-order valence-corrected chi connectivity index (χ1v) is 7.33. The maximum atomic E-state index is 11.9. The predicted molar refractivity (Wildman–Crippen MR) is 80.1 cm³/mol. The summed E-state index contributed by atoms with van der Waals surface area (Å²) in [5, 5.41) is 9.02. The van der Waals surface area contributed by atoms with Crippen LogP contribution in [0.25, 0.3) is 11.4 Å². The van der Waals surface area contributed by atoms with Gasteiger partial charge in [-0.15, -0.1) is 10.2 Å². The Kier molecular flexibility index (Phi) is 3.83. The average Bonchev–Trinajstić information content (AvgIpc) is 3.16. The van der Waals surface area contributed by atoms with Crippen molar-refractivity contribution in [3.05, 3.63) is 48.5 Å². The number of carbonyl (C=O) groups excluding carboxylic acids is 1. The maximum absolute atomic E-state index is 11.9. The zero-order valence-corrected chi connectivity index (χ0v) is 12.2. The molecule has 0 unspecified atom stereocenters. The Bertz CT molecular complexity index is 736. The van der Waals surface area contributed by atoms with Gasteiger partial charge in [0.2, 0.25) is 0 Å². The van der Waals surface area contributed by atoms with Gasteiger partial charge in [0.1, 0.15) is 0 Å². The highest BCUT2D eigenvalue weighted by atomic mass is 32.2. The molecule has 0 atom stereocenters. The molecule has 3 heterocycles. The van der Waals surface area contributed by atoms with Crippen LogP contribution < -0.4 is 0 Å². The number of nitrogens with one attached hydrogen (secondary N) is 1. The molecule has 21 heavy (non-hydrogen) atoms. The molecular formula is C14H13N5OS. The summed E-state index contributed by atoms with van der Waals surface area (Å²) in [6, 6.07) is 7.33. The Morgan fingerprint density at radius 3 is 2.81 bits per heavy atom. The summed E-state index contributed by atoms with van der Waals surface area (Å²) >= 11 is 1.37. The van der Waals surface area contributed by atoms with Crippen molar-refractivity contribution in [1.82, 2.24) is 24.7 Å². The molecular weight excluding hydrogens is 286 g/mol. The lowest BCUT2D eigenvalue weighted by molar-refractivity contribution is 0.101. The van der Waals surface area contributed by atoms with E-state index in [1.165, 1.54) is 11.8 Å². The molecule has 0 bridgehead atoms. The van der Waals surface area contributed by atoms with Crippen LogP contribution in [0, 0.1) is 0 Å². The second-order valence-electron chi connectivity index (χ2n) is 4.40. The highest BCUT2D eigenvalue weighted by Gasteiger charge is 2.13. The number of aromatic nitrogens is 5. The first-order chi connectivity index (χ1) is 10.3. The van der Waals surface area contributed by atoms with Crippen molar-refractivity contribution in [2.75, 3.05) is 5.75 Å². The molecule has 0 aliphatic heterocycles. The third kappa shape index (κ3) is 2.87. The highest BCUT2D eigenvalue weighted by Crippen LogP contribution is 2.22. The molecule has 0 aliphatic rings. The van der Waals surface area contributed by atoms with Crippen molar-refractivity contribution in [1.29, 1.82) is 0 Å². The Labute approximate surface area is 125 Å². The van der Waals surface area contributed by atoms with Crippen LogP contribution in [0.4, 0.5) is 0 Å². The van der Waals surface area contributed by atoms with Crippen molar-refractivity contribution in [3.63, 3.8) is 0 Å². The summed E-state index contributed by atoms with van der Waals surface area (Å²) in [6.07, 6.45) is 5.17. The van der Waals surface area contributed by atoms with Crippen molar-refractivity contribution < 1.29 is 4.79 Å². The zero-order valence-electron chi connectivity index (χ0n) is 11.4. The van der Waals surface area contributed by atoms with Crippen molar-refractivity contribution >= 4 is 17.5 Å². The smallest absolute Gasteiger partial charge is 0.191 e. The fraction of sp³-hybridized carbons (Fsp3) is 0.143. The van der Waals surface area contributed by atoms with Crippen LogP contribution in [0.5, 0.6) is 0 Å². The van der Waals surface area contributed by atoms with Gasteiger partial charge in [0.15, 0.2) is 16.8 Å². The van der Waals surface area contributed by atoms with Gasteiger partial charge in [0.25, 0.3) is 0 Å². The van der Waals surface area contributed by atoms with Gasteiger partial charge in [-0.1, -0.05) is 11.8 Å². The molecule has 0 spiro atoms. The van der Waals surface area contributed by atoms with E-state index in [1.54, 1.807) is 24.7 Å². The van der Waals surface area contributed by atoms with Crippen LogP contribution in [0.1, 0.15) is 10.5 Å². The minimum atomic E-state index is 0.0402. The van der Waals surface area contributed by atoms with Crippen LogP contribution >= 0.6 is 11.8 Å². The van der Waals surface area contributed by atoms with E-state index < -0.39 is 0 Å². The van der Waals surface area contributed by atoms with Gasteiger partial charge < -0.3 is 9.55 Å². The van der Waals surface area contributed by atoms with E-state index in [4.69, 9.17) is 0 Å². The topological polar surface area (TPSA) is 76.5 Å². The standard InChI is InChI=1S/C14H13N5OS/c1-19-13(10-4-7-15-8-5-10)17-18-14(19)21-9-12(20)11-3-2-6-16-11/h2-8,16H,9H2,1H3. The Hall–Kier alpha value is -2.41. The van der Waals surface area contributed by atoms with Gasteiger partial charge in [-0.2, -0.15) is 0 Å². The third-order valence-corrected chi connectivity index (χ3v) is 4.02. The summed E-state index contributed by atoms with van der Waals surface area (Å²) < 4.78 is 1.88. The summed E-state index contributed by atoms with van der Waals surface area (Å²) in [5.41, 5.74) is 1.56. The second-order valence-corrected chi connectivity index (χ2v) is 5.34. The molecule has 3 aromatic rings. The summed E-state index contributed by atoms with van der Waals surface area (Å²) in [6.45, 7) is 0. The van der Waals surface area contributed by atoms with Crippen LogP contribution in [0.3, 0.4) is 0 Å². The SMILES string of the molecule is Cn1c(SCC(=O)c2ccc[nH]2)nnc1-c1ccncc1. The van der Waals surface area contributed by atoms with Gasteiger partial charge in [0, 0.05) is 31.2 Å². The number of nitrogens with zero attached hydrogens (tertiary/aromatic N) is 4. The monoisotopic (exact) mass is 299 g/mol. The quantitative estimate of drug-likeness (QED) is 0.577. The number of hydrogen-bond donors (Lipinski definition) is 1. The normalized spacial score (nSPS) is 10.7. The lowest BCUT2D eigenvalue weighted by Crippen LogP contribution is -2.04. The van der Waals surface area contributed by atoms with E-state index in [0.29, 0.717) is 16.6 Å². The number of ketones is 1. The first-order valence-electron chi connectivity index (χ1n) is 6.35. The third-order valence-electron chi connectivity index (χ3n) is 3.00. The number of rotatable bonds is 5. The van der Waals surface area contributed by atoms with E-state index in [2.05, 4.69) is 20.2 Å². The molecule has 0 aliphatic carbocycles. The Morgan fingerprint density at radius 1 is 1.29 bits per heavy atom. The minimum absolute atomic E-state index is 0.0402. The number of Topliss-reactive ketones (excluding diaryl/α,β-unsaturated/α-hetero) is 1. The number of pyridine rings is 1. The molecule has 3 aromatic heterocycles. The molecule has 6 nitrogen and oxygen atoms in total. The molecule has 0 aromatic carbocycles. The number of aromatic amines is 1. The first kappa shape index (κ1) is 13.6. The van der Waals surface area contributed by atoms with E-state index >= 15 is 0 Å². The van der Waals surface area contributed by atoms with E-state index in [0.717, 1.165) is 11.4 Å². The Balaban J connectivity index is 1.73.